The van der Waals surface area contributed by atoms with E-state index in [1.165, 1.54) is 5.57 Å². The minimum Gasteiger partial charge on any atom is -0.328 e. The van der Waals surface area contributed by atoms with Gasteiger partial charge in [-0.2, -0.15) is 0 Å². The molecule has 1 rings (SSSR count). The lowest BCUT2D eigenvalue weighted by atomic mass is 10.1. The largest absolute Gasteiger partial charge is 0.328 e. The van der Waals surface area contributed by atoms with Gasteiger partial charge in [0.05, 0.1) is 0 Å². The molecule has 1 aliphatic rings. The van der Waals surface area contributed by atoms with E-state index >= 15 is 0 Å². The third-order valence-electron chi connectivity index (χ3n) is 1.41. The summed E-state index contributed by atoms with van der Waals surface area (Å²) in [6.45, 7) is 2.03. The summed E-state index contributed by atoms with van der Waals surface area (Å²) < 4.78 is 0. The molecule has 0 bridgehead atoms. The van der Waals surface area contributed by atoms with E-state index in [2.05, 4.69) is 18.2 Å². The highest BCUT2D eigenvalue weighted by Gasteiger charge is 1.99. The number of rotatable bonds is 2. The van der Waals surface area contributed by atoms with Crippen LogP contribution >= 0.6 is 0 Å². The van der Waals surface area contributed by atoms with E-state index in [9.17, 15) is 0 Å². The molecule has 0 fully saturated rings. The summed E-state index contributed by atoms with van der Waals surface area (Å²) in [6.07, 6.45) is 8.67. The van der Waals surface area contributed by atoms with Crippen molar-refractivity contribution < 1.29 is 0 Å². The van der Waals surface area contributed by atoms with Gasteiger partial charge in [-0.3, -0.25) is 0 Å². The summed E-state index contributed by atoms with van der Waals surface area (Å²) in [4.78, 5) is 0. The van der Waals surface area contributed by atoms with E-state index in [4.69, 9.17) is 5.73 Å². The Morgan fingerprint density at radius 1 is 1.78 bits per heavy atom. The van der Waals surface area contributed by atoms with Crippen LogP contribution in [0.1, 0.15) is 19.8 Å². The molecule has 1 unspecified atom stereocenters. The van der Waals surface area contributed by atoms with E-state index < -0.39 is 0 Å². The van der Waals surface area contributed by atoms with Crippen molar-refractivity contribution in [3.63, 3.8) is 0 Å². The zero-order valence-electron chi connectivity index (χ0n) is 5.80. The summed E-state index contributed by atoms with van der Waals surface area (Å²) in [7, 11) is 0. The maximum Gasteiger partial charge on any atom is 0.00507 e. The first-order valence-corrected chi connectivity index (χ1v) is 3.40. The van der Waals surface area contributed by atoms with Gasteiger partial charge < -0.3 is 5.73 Å². The second-order valence-corrected chi connectivity index (χ2v) is 2.60. The van der Waals surface area contributed by atoms with E-state index in [0.29, 0.717) is 6.04 Å². The van der Waals surface area contributed by atoms with Crippen molar-refractivity contribution in [2.75, 3.05) is 0 Å². The lowest BCUT2D eigenvalue weighted by Gasteiger charge is -2.01. The van der Waals surface area contributed by atoms with Crippen LogP contribution in [0.25, 0.3) is 0 Å². The fraction of sp³-hybridized carbons (Fsp3) is 0.500. The molecule has 1 heteroatoms. The quantitative estimate of drug-likeness (QED) is 0.593. The smallest absolute Gasteiger partial charge is 0.00507 e. The Labute approximate surface area is 56.2 Å². The van der Waals surface area contributed by atoms with Crippen LogP contribution in [0.2, 0.25) is 0 Å². The molecule has 0 aliphatic heterocycles. The zero-order valence-corrected chi connectivity index (χ0v) is 5.80. The van der Waals surface area contributed by atoms with Gasteiger partial charge >= 0.3 is 0 Å². The molecule has 0 heterocycles. The Balaban J connectivity index is 2.35. The van der Waals surface area contributed by atoms with Crippen molar-refractivity contribution in [2.45, 2.75) is 25.8 Å². The van der Waals surface area contributed by atoms with Crippen LogP contribution < -0.4 is 5.73 Å². The van der Waals surface area contributed by atoms with Gasteiger partial charge in [-0.1, -0.05) is 23.8 Å². The van der Waals surface area contributed by atoms with Crippen LogP contribution in [0.5, 0.6) is 0 Å². The molecule has 0 aromatic rings. The van der Waals surface area contributed by atoms with Gasteiger partial charge in [-0.15, -0.1) is 0 Å². The van der Waals surface area contributed by atoms with Crippen molar-refractivity contribution in [3.8, 4) is 0 Å². The Bertz CT molecular complexity index is 143. The minimum absolute atomic E-state index is 0.305. The molecule has 0 spiro atoms. The van der Waals surface area contributed by atoms with Crippen LogP contribution in [-0.4, -0.2) is 6.04 Å². The van der Waals surface area contributed by atoms with Crippen molar-refractivity contribution in [1.82, 2.24) is 0 Å². The molecule has 1 aliphatic carbocycles. The summed E-state index contributed by atoms with van der Waals surface area (Å²) in [5.41, 5.74) is 6.99. The zero-order chi connectivity index (χ0) is 6.69. The summed E-state index contributed by atoms with van der Waals surface area (Å²) in [5, 5.41) is 0. The Morgan fingerprint density at radius 3 is 3.00 bits per heavy atom. The third kappa shape index (κ3) is 2.02. The molecule has 0 aromatic heterocycles. The molecule has 2 N–H and O–H groups in total. The second-order valence-electron chi connectivity index (χ2n) is 2.60. The maximum atomic E-state index is 5.60. The molecule has 0 saturated carbocycles. The van der Waals surface area contributed by atoms with Crippen LogP contribution in [-0.2, 0) is 0 Å². The van der Waals surface area contributed by atoms with Crippen molar-refractivity contribution >= 4 is 0 Å². The van der Waals surface area contributed by atoms with E-state index in [-0.39, 0.29) is 0 Å². The third-order valence-corrected chi connectivity index (χ3v) is 1.41. The Hall–Kier alpha value is -0.560. The number of nitrogens with two attached hydrogens (primary N) is 1. The maximum absolute atomic E-state index is 5.60. The first-order chi connectivity index (χ1) is 4.29. The second kappa shape index (κ2) is 2.83. The molecule has 0 radical (unpaired) electrons. The van der Waals surface area contributed by atoms with E-state index in [0.717, 1.165) is 12.8 Å². The van der Waals surface area contributed by atoms with Crippen molar-refractivity contribution in [3.05, 3.63) is 23.8 Å². The molecule has 0 aromatic carbocycles. The first-order valence-electron chi connectivity index (χ1n) is 3.40. The molecule has 0 saturated heterocycles. The highest BCUT2D eigenvalue weighted by atomic mass is 14.6. The standard InChI is InChI=1S/C8H13N/c1-7(9)6-8-4-2-3-5-8/h2,4-5,7H,3,6,9H2,1H3. The van der Waals surface area contributed by atoms with Gasteiger partial charge in [0.25, 0.3) is 0 Å². The van der Waals surface area contributed by atoms with Gasteiger partial charge in [0.1, 0.15) is 0 Å². The predicted octanol–water partition coefficient (Wildman–Crippen LogP) is 1.61. The predicted molar refractivity (Wildman–Crippen MR) is 40.1 cm³/mol. The molecular formula is C8H13N. The molecule has 0 amide bonds. The molecule has 1 nitrogen and oxygen atoms in total. The lowest BCUT2D eigenvalue weighted by Crippen LogP contribution is -2.14. The van der Waals surface area contributed by atoms with E-state index in [1.54, 1.807) is 0 Å². The highest BCUT2D eigenvalue weighted by molar-refractivity contribution is 5.26. The summed E-state index contributed by atoms with van der Waals surface area (Å²) >= 11 is 0. The number of hydrogen-bond acceptors (Lipinski definition) is 1. The monoisotopic (exact) mass is 123 g/mol. The fourth-order valence-corrected chi connectivity index (χ4v) is 1.03. The lowest BCUT2D eigenvalue weighted by molar-refractivity contribution is 0.741. The average molecular weight is 123 g/mol. The van der Waals surface area contributed by atoms with Crippen LogP contribution in [0, 0.1) is 0 Å². The first kappa shape index (κ1) is 6.56. The van der Waals surface area contributed by atoms with Crippen LogP contribution in [0.15, 0.2) is 23.8 Å². The fourth-order valence-electron chi connectivity index (χ4n) is 1.03. The highest BCUT2D eigenvalue weighted by Crippen LogP contribution is 2.13. The van der Waals surface area contributed by atoms with Crippen LogP contribution in [0.3, 0.4) is 0 Å². The SMILES string of the molecule is CC(N)CC1=CCC=C1. The molecule has 50 valence electrons. The van der Waals surface area contributed by atoms with Gasteiger partial charge in [-0.25, -0.2) is 0 Å². The number of allylic oxidation sites excluding steroid dienone is 3. The minimum atomic E-state index is 0.305. The van der Waals surface area contributed by atoms with Gasteiger partial charge in [-0.05, 0) is 19.8 Å². The topological polar surface area (TPSA) is 26.0 Å². The van der Waals surface area contributed by atoms with Crippen molar-refractivity contribution in [2.24, 2.45) is 5.73 Å². The average Bonchev–Trinajstić information content (AvgIpc) is 2.15. The van der Waals surface area contributed by atoms with Gasteiger partial charge in [0.2, 0.25) is 0 Å². The molecule has 1 atom stereocenters. The summed E-state index contributed by atoms with van der Waals surface area (Å²) in [6, 6.07) is 0.305. The van der Waals surface area contributed by atoms with Gasteiger partial charge in [0, 0.05) is 6.04 Å². The Morgan fingerprint density at radius 2 is 2.56 bits per heavy atom. The summed E-state index contributed by atoms with van der Waals surface area (Å²) in [5.74, 6) is 0. The molecular weight excluding hydrogens is 110 g/mol. The van der Waals surface area contributed by atoms with E-state index in [1.807, 2.05) is 6.92 Å². The normalized spacial score (nSPS) is 20.0. The van der Waals surface area contributed by atoms with Crippen LogP contribution in [0.4, 0.5) is 0 Å². The molecule has 9 heavy (non-hydrogen) atoms. The Kier molecular flexibility index (Phi) is 2.06. The van der Waals surface area contributed by atoms with Crippen molar-refractivity contribution in [1.29, 1.82) is 0 Å². The van der Waals surface area contributed by atoms with Gasteiger partial charge in [0.15, 0.2) is 0 Å². The number of hydrogen-bond donors (Lipinski definition) is 1.